The summed E-state index contributed by atoms with van der Waals surface area (Å²) in [5.74, 6) is -2.23. The van der Waals surface area contributed by atoms with Crippen LogP contribution in [0.4, 0.5) is 30.7 Å². The van der Waals surface area contributed by atoms with Crippen LogP contribution in [0.3, 0.4) is 0 Å². The van der Waals surface area contributed by atoms with Crippen LogP contribution >= 0.6 is 0 Å². The summed E-state index contributed by atoms with van der Waals surface area (Å²) in [6, 6.07) is 8.96. The Morgan fingerprint density at radius 3 is 1.78 bits per heavy atom. The first-order valence-electron chi connectivity index (χ1n) is 17.3. The topological polar surface area (TPSA) is 18.5 Å². The first-order valence-corrected chi connectivity index (χ1v) is 17.3. The summed E-state index contributed by atoms with van der Waals surface area (Å²) >= 11 is 0. The predicted molar refractivity (Wildman–Crippen MR) is 164 cm³/mol. The molecule has 0 saturated heterocycles. The molecule has 3 fully saturated rings. The fourth-order valence-electron chi connectivity index (χ4n) is 8.15. The molecule has 0 atom stereocenters. The van der Waals surface area contributed by atoms with E-state index in [1.165, 1.54) is 25.3 Å². The summed E-state index contributed by atoms with van der Waals surface area (Å²) in [6.45, 7) is 2.18. The highest BCUT2D eigenvalue weighted by Gasteiger charge is 2.45. The number of rotatable bonds is 11. The van der Waals surface area contributed by atoms with Gasteiger partial charge in [-0.3, -0.25) is 0 Å². The SMILES string of the molecule is CCCCCC1CCC(C(F)(F)OC2CCC(c3ccc(C4CCC(c5ccc(OC(F)(F)F)c(F)c5)CC4)c(F)c3)CC2)CC1. The average molecular weight is 657 g/mol. The molecule has 3 aliphatic rings. The van der Waals surface area contributed by atoms with Gasteiger partial charge in [-0.05, 0) is 136 Å². The minimum atomic E-state index is -4.96. The normalized spacial score (nSPS) is 27.8. The molecule has 3 aliphatic carbocycles. The zero-order valence-electron chi connectivity index (χ0n) is 26.7. The number of hydrogen-bond acceptors (Lipinski definition) is 2. The van der Waals surface area contributed by atoms with Crippen molar-refractivity contribution >= 4 is 0 Å². The van der Waals surface area contributed by atoms with E-state index in [0.717, 1.165) is 37.0 Å². The zero-order valence-corrected chi connectivity index (χ0v) is 26.7. The molecule has 3 saturated carbocycles. The molecule has 46 heavy (non-hydrogen) atoms. The number of hydrogen-bond donors (Lipinski definition) is 0. The van der Waals surface area contributed by atoms with E-state index in [1.807, 2.05) is 12.1 Å². The van der Waals surface area contributed by atoms with Gasteiger partial charge in [-0.2, -0.15) is 8.78 Å². The highest BCUT2D eigenvalue weighted by Crippen LogP contribution is 2.45. The highest BCUT2D eigenvalue weighted by atomic mass is 19.4. The lowest BCUT2D eigenvalue weighted by molar-refractivity contribution is -0.301. The first kappa shape index (κ1) is 35.0. The second-order valence-electron chi connectivity index (χ2n) is 13.9. The molecule has 2 aromatic rings. The molecule has 2 aromatic carbocycles. The van der Waals surface area contributed by atoms with Gasteiger partial charge in [0.2, 0.25) is 0 Å². The Morgan fingerprint density at radius 2 is 1.22 bits per heavy atom. The van der Waals surface area contributed by atoms with Gasteiger partial charge in [0.05, 0.1) is 12.0 Å². The fraction of sp³-hybridized carbons (Fsp3) is 0.676. The fourth-order valence-corrected chi connectivity index (χ4v) is 8.15. The molecule has 0 radical (unpaired) electrons. The van der Waals surface area contributed by atoms with E-state index >= 15 is 13.2 Å². The lowest BCUT2D eigenvalue weighted by Crippen LogP contribution is -2.39. The van der Waals surface area contributed by atoms with Crippen molar-refractivity contribution in [2.75, 3.05) is 0 Å². The van der Waals surface area contributed by atoms with E-state index in [4.69, 9.17) is 4.74 Å². The van der Waals surface area contributed by atoms with Crippen molar-refractivity contribution in [1.82, 2.24) is 0 Å². The second-order valence-corrected chi connectivity index (χ2v) is 13.9. The third kappa shape index (κ3) is 9.19. The lowest BCUT2D eigenvalue weighted by atomic mass is 9.75. The van der Waals surface area contributed by atoms with Crippen molar-refractivity contribution < 1.29 is 40.2 Å². The summed E-state index contributed by atoms with van der Waals surface area (Å²) in [5.41, 5.74) is 2.14. The molecule has 0 aromatic heterocycles. The standard InChI is InChI=1S/C37H47F7O2/c1-2-3-4-5-24-6-16-30(17-7-24)36(40,41)45-31-18-12-26(13-19-31)28-14-20-32(33(38)22-28)27-10-8-25(9-11-27)29-15-21-35(34(39)23-29)46-37(42,43)44/h14-15,20-27,30-31H,2-13,16-19H2,1H3. The quantitative estimate of drug-likeness (QED) is 0.177. The number of ether oxygens (including phenoxy) is 2. The van der Waals surface area contributed by atoms with Gasteiger partial charge in [-0.1, -0.05) is 50.8 Å². The van der Waals surface area contributed by atoms with Crippen LogP contribution in [0.25, 0.3) is 0 Å². The van der Waals surface area contributed by atoms with Gasteiger partial charge in [0.1, 0.15) is 5.82 Å². The van der Waals surface area contributed by atoms with Gasteiger partial charge in [0.25, 0.3) is 0 Å². The maximum Gasteiger partial charge on any atom is 0.573 e. The third-order valence-corrected chi connectivity index (χ3v) is 10.9. The Balaban J connectivity index is 1.08. The molecule has 0 unspecified atom stereocenters. The van der Waals surface area contributed by atoms with Crippen molar-refractivity contribution in [3.63, 3.8) is 0 Å². The zero-order chi connectivity index (χ0) is 32.9. The van der Waals surface area contributed by atoms with E-state index in [0.29, 0.717) is 81.3 Å². The van der Waals surface area contributed by atoms with Crippen molar-refractivity contribution in [3.05, 3.63) is 64.7 Å². The molecule has 0 heterocycles. The van der Waals surface area contributed by atoms with Crippen LogP contribution in [0.2, 0.25) is 0 Å². The van der Waals surface area contributed by atoms with Crippen LogP contribution in [0, 0.1) is 23.5 Å². The molecule has 0 bridgehead atoms. The highest BCUT2D eigenvalue weighted by molar-refractivity contribution is 5.33. The molecular weight excluding hydrogens is 609 g/mol. The monoisotopic (exact) mass is 656 g/mol. The summed E-state index contributed by atoms with van der Waals surface area (Å²) in [5, 5.41) is 0. The third-order valence-electron chi connectivity index (χ3n) is 10.9. The van der Waals surface area contributed by atoms with Crippen LogP contribution in [0.1, 0.15) is 144 Å². The van der Waals surface area contributed by atoms with Crippen LogP contribution in [-0.4, -0.2) is 18.6 Å². The van der Waals surface area contributed by atoms with E-state index in [2.05, 4.69) is 11.7 Å². The Kier molecular flexibility index (Phi) is 11.6. The summed E-state index contributed by atoms with van der Waals surface area (Å²) in [4.78, 5) is 0. The van der Waals surface area contributed by atoms with Crippen molar-refractivity contribution in [2.45, 2.75) is 146 Å². The van der Waals surface area contributed by atoms with Crippen LogP contribution in [0.15, 0.2) is 36.4 Å². The maximum atomic E-state index is 15.4. The van der Waals surface area contributed by atoms with E-state index in [1.54, 1.807) is 6.07 Å². The Bertz CT molecular complexity index is 1250. The summed E-state index contributed by atoms with van der Waals surface area (Å²) < 4.78 is 106. The van der Waals surface area contributed by atoms with Gasteiger partial charge in [0.15, 0.2) is 11.6 Å². The van der Waals surface area contributed by atoms with Crippen LogP contribution in [0.5, 0.6) is 5.75 Å². The smallest absolute Gasteiger partial charge is 0.403 e. The number of unbranched alkanes of at least 4 members (excludes halogenated alkanes) is 2. The Hall–Kier alpha value is -2.29. The second kappa shape index (κ2) is 15.3. The van der Waals surface area contributed by atoms with Crippen molar-refractivity contribution in [3.8, 4) is 5.75 Å². The minimum absolute atomic E-state index is 0.000702. The van der Waals surface area contributed by atoms with E-state index < -0.39 is 36.1 Å². The average Bonchev–Trinajstić information content (AvgIpc) is 3.02. The molecule has 9 heteroatoms. The van der Waals surface area contributed by atoms with Crippen LogP contribution in [-0.2, 0) is 4.74 Å². The van der Waals surface area contributed by atoms with Gasteiger partial charge in [0, 0.05) is 0 Å². The van der Waals surface area contributed by atoms with Crippen molar-refractivity contribution in [2.24, 2.45) is 11.8 Å². The largest absolute Gasteiger partial charge is 0.573 e. The molecule has 256 valence electrons. The first-order chi connectivity index (χ1) is 21.9. The molecule has 2 nitrogen and oxygen atoms in total. The Morgan fingerprint density at radius 1 is 0.652 bits per heavy atom. The predicted octanol–water partition coefficient (Wildman–Crippen LogP) is 12.3. The molecule has 0 aliphatic heterocycles. The summed E-state index contributed by atoms with van der Waals surface area (Å²) in [6.07, 6.45) is 4.07. The molecule has 0 N–H and O–H groups in total. The maximum absolute atomic E-state index is 15.4. The number of benzene rings is 2. The molecule has 0 amide bonds. The molecule has 5 rings (SSSR count). The van der Waals surface area contributed by atoms with Gasteiger partial charge < -0.3 is 9.47 Å². The molecule has 0 spiro atoms. The van der Waals surface area contributed by atoms with Crippen molar-refractivity contribution in [1.29, 1.82) is 0 Å². The van der Waals surface area contributed by atoms with Crippen LogP contribution < -0.4 is 4.74 Å². The summed E-state index contributed by atoms with van der Waals surface area (Å²) in [7, 11) is 0. The Labute approximate surface area is 268 Å². The number of halogens is 7. The van der Waals surface area contributed by atoms with E-state index in [9.17, 15) is 17.6 Å². The molecular formula is C37H47F7O2. The number of alkyl halides is 5. The van der Waals surface area contributed by atoms with E-state index in [-0.39, 0.29) is 23.6 Å². The lowest BCUT2D eigenvalue weighted by Gasteiger charge is -2.37. The van der Waals surface area contributed by atoms with Gasteiger partial charge in [-0.25, -0.2) is 8.78 Å². The van der Waals surface area contributed by atoms with Gasteiger partial charge in [-0.15, -0.1) is 13.2 Å². The van der Waals surface area contributed by atoms with Gasteiger partial charge >= 0.3 is 12.5 Å². The minimum Gasteiger partial charge on any atom is -0.403 e.